The molecule has 3 aromatic heterocycles. The fourth-order valence-electron chi connectivity index (χ4n) is 2.85. The number of H-pyrrole nitrogens is 1. The molecule has 0 saturated carbocycles. The van der Waals surface area contributed by atoms with Crippen molar-refractivity contribution >= 4 is 16.9 Å². The van der Waals surface area contributed by atoms with Gasteiger partial charge in [-0.1, -0.05) is 6.07 Å². The zero-order chi connectivity index (χ0) is 14.8. The van der Waals surface area contributed by atoms with Crippen LogP contribution in [0.5, 0.6) is 0 Å². The molecular formula is C16H18N6. The third-order valence-electron chi connectivity index (χ3n) is 4.06. The summed E-state index contributed by atoms with van der Waals surface area (Å²) in [5.74, 6) is 1.57. The van der Waals surface area contributed by atoms with Gasteiger partial charge in [-0.25, -0.2) is 9.97 Å². The maximum absolute atomic E-state index is 4.68. The van der Waals surface area contributed by atoms with Gasteiger partial charge in [0.1, 0.15) is 11.5 Å². The molecule has 1 unspecified atom stereocenters. The molecule has 3 N–H and O–H groups in total. The van der Waals surface area contributed by atoms with E-state index in [1.165, 1.54) is 6.42 Å². The number of hydrogen-bond donors (Lipinski definition) is 3. The first kappa shape index (κ1) is 13.2. The molecule has 4 rings (SSSR count). The number of hydrogen-bond acceptors (Lipinski definition) is 5. The Kier molecular flexibility index (Phi) is 3.44. The summed E-state index contributed by atoms with van der Waals surface area (Å²) >= 11 is 0. The van der Waals surface area contributed by atoms with Gasteiger partial charge in [0.05, 0.1) is 5.69 Å². The summed E-state index contributed by atoms with van der Waals surface area (Å²) in [5.41, 5.74) is 2.48. The molecule has 1 atom stereocenters. The number of anilines is 1. The fourth-order valence-corrected chi connectivity index (χ4v) is 2.85. The van der Waals surface area contributed by atoms with Crippen molar-refractivity contribution in [2.75, 3.05) is 25.0 Å². The van der Waals surface area contributed by atoms with Crippen molar-refractivity contribution in [2.45, 2.75) is 6.42 Å². The van der Waals surface area contributed by atoms with Gasteiger partial charge in [0.2, 0.25) is 0 Å². The Hall–Kier alpha value is -2.47. The summed E-state index contributed by atoms with van der Waals surface area (Å²) in [6.07, 6.45) is 2.98. The van der Waals surface area contributed by atoms with E-state index in [1.54, 1.807) is 6.20 Å². The van der Waals surface area contributed by atoms with Gasteiger partial charge in [-0.05, 0) is 49.7 Å². The van der Waals surface area contributed by atoms with E-state index >= 15 is 0 Å². The van der Waals surface area contributed by atoms with Crippen LogP contribution in [0.15, 0.2) is 36.5 Å². The van der Waals surface area contributed by atoms with Gasteiger partial charge in [-0.2, -0.15) is 5.10 Å². The molecule has 112 valence electrons. The summed E-state index contributed by atoms with van der Waals surface area (Å²) < 4.78 is 0. The predicted octanol–water partition coefficient (Wildman–Crippen LogP) is 2.04. The molecule has 4 heterocycles. The highest BCUT2D eigenvalue weighted by atomic mass is 15.2. The number of nitrogens with zero attached hydrogens (tertiary/aromatic N) is 3. The molecule has 6 heteroatoms. The molecule has 0 bridgehead atoms. The van der Waals surface area contributed by atoms with E-state index in [9.17, 15) is 0 Å². The molecule has 0 aliphatic carbocycles. The van der Waals surface area contributed by atoms with Crippen LogP contribution in [0.25, 0.3) is 22.4 Å². The second-order valence-electron chi connectivity index (χ2n) is 5.62. The largest absolute Gasteiger partial charge is 0.370 e. The Morgan fingerprint density at radius 2 is 2.23 bits per heavy atom. The third kappa shape index (κ3) is 2.53. The van der Waals surface area contributed by atoms with Crippen molar-refractivity contribution in [3.63, 3.8) is 0 Å². The maximum atomic E-state index is 4.68. The normalized spacial score (nSPS) is 17.9. The molecule has 3 aromatic rings. The lowest BCUT2D eigenvalue weighted by molar-refractivity contribution is 0.614. The SMILES string of the molecule is c1cc(NCC2CCNC2)nc(-c2n[nH]c3ncccc23)c1. The van der Waals surface area contributed by atoms with Crippen LogP contribution in [0.1, 0.15) is 6.42 Å². The van der Waals surface area contributed by atoms with Crippen molar-refractivity contribution in [2.24, 2.45) is 5.92 Å². The van der Waals surface area contributed by atoms with E-state index in [0.29, 0.717) is 5.92 Å². The highest BCUT2D eigenvalue weighted by Gasteiger charge is 2.14. The summed E-state index contributed by atoms with van der Waals surface area (Å²) in [6.45, 7) is 3.15. The lowest BCUT2D eigenvalue weighted by atomic mass is 10.1. The zero-order valence-corrected chi connectivity index (χ0v) is 12.2. The number of fused-ring (bicyclic) bond motifs is 1. The highest BCUT2D eigenvalue weighted by molar-refractivity contribution is 5.89. The smallest absolute Gasteiger partial charge is 0.155 e. The van der Waals surface area contributed by atoms with Crippen molar-refractivity contribution in [3.8, 4) is 11.4 Å². The van der Waals surface area contributed by atoms with Crippen molar-refractivity contribution in [3.05, 3.63) is 36.5 Å². The molecule has 22 heavy (non-hydrogen) atoms. The summed E-state index contributed by atoms with van der Waals surface area (Å²) in [6, 6.07) is 9.90. The van der Waals surface area contributed by atoms with Gasteiger partial charge < -0.3 is 10.6 Å². The molecule has 6 nitrogen and oxygen atoms in total. The average molecular weight is 294 g/mol. The van der Waals surface area contributed by atoms with Crippen LogP contribution in [-0.4, -0.2) is 39.8 Å². The Bertz CT molecular complexity index is 775. The Labute approximate surface area is 128 Å². The molecule has 1 fully saturated rings. The Morgan fingerprint density at radius 3 is 3.14 bits per heavy atom. The first-order valence-corrected chi connectivity index (χ1v) is 7.61. The molecular weight excluding hydrogens is 276 g/mol. The lowest BCUT2D eigenvalue weighted by Crippen LogP contribution is -2.17. The van der Waals surface area contributed by atoms with Crippen LogP contribution in [0, 0.1) is 5.92 Å². The minimum Gasteiger partial charge on any atom is -0.370 e. The zero-order valence-electron chi connectivity index (χ0n) is 12.2. The number of pyridine rings is 2. The first-order valence-electron chi connectivity index (χ1n) is 7.61. The topological polar surface area (TPSA) is 78.5 Å². The van der Waals surface area contributed by atoms with E-state index in [0.717, 1.165) is 47.9 Å². The summed E-state index contributed by atoms with van der Waals surface area (Å²) in [4.78, 5) is 8.95. The number of aromatic nitrogens is 4. The molecule has 0 spiro atoms. The van der Waals surface area contributed by atoms with Crippen LogP contribution >= 0.6 is 0 Å². The van der Waals surface area contributed by atoms with Gasteiger partial charge >= 0.3 is 0 Å². The molecule has 0 radical (unpaired) electrons. The van der Waals surface area contributed by atoms with Crippen molar-refractivity contribution in [1.82, 2.24) is 25.5 Å². The van der Waals surface area contributed by atoms with Crippen molar-refractivity contribution in [1.29, 1.82) is 0 Å². The van der Waals surface area contributed by atoms with Crippen LogP contribution in [0.4, 0.5) is 5.82 Å². The summed E-state index contributed by atoms with van der Waals surface area (Å²) in [7, 11) is 0. The van der Waals surface area contributed by atoms with Crippen LogP contribution in [0.2, 0.25) is 0 Å². The van der Waals surface area contributed by atoms with Crippen LogP contribution in [-0.2, 0) is 0 Å². The Morgan fingerprint density at radius 1 is 1.23 bits per heavy atom. The second-order valence-corrected chi connectivity index (χ2v) is 5.62. The lowest BCUT2D eigenvalue weighted by Gasteiger charge is -2.11. The van der Waals surface area contributed by atoms with E-state index in [2.05, 4.69) is 30.8 Å². The van der Waals surface area contributed by atoms with Gasteiger partial charge in [0, 0.05) is 18.1 Å². The molecule has 0 amide bonds. The minimum atomic E-state index is 0.681. The molecule has 1 saturated heterocycles. The van der Waals surface area contributed by atoms with Crippen molar-refractivity contribution < 1.29 is 0 Å². The molecule has 1 aliphatic heterocycles. The average Bonchev–Trinajstić information content (AvgIpc) is 3.23. The minimum absolute atomic E-state index is 0.681. The fraction of sp³-hybridized carbons (Fsp3) is 0.312. The number of nitrogens with one attached hydrogen (secondary N) is 3. The summed E-state index contributed by atoms with van der Waals surface area (Å²) in [5, 5.41) is 15.1. The Balaban J connectivity index is 1.58. The molecule has 0 aromatic carbocycles. The number of aromatic amines is 1. The maximum Gasteiger partial charge on any atom is 0.155 e. The van der Waals surface area contributed by atoms with Crippen LogP contribution < -0.4 is 10.6 Å². The van der Waals surface area contributed by atoms with Gasteiger partial charge in [0.25, 0.3) is 0 Å². The van der Waals surface area contributed by atoms with E-state index in [-0.39, 0.29) is 0 Å². The van der Waals surface area contributed by atoms with Gasteiger partial charge in [-0.15, -0.1) is 0 Å². The molecule has 1 aliphatic rings. The predicted molar refractivity (Wildman–Crippen MR) is 86.6 cm³/mol. The van der Waals surface area contributed by atoms with Gasteiger partial charge in [-0.3, -0.25) is 5.10 Å². The van der Waals surface area contributed by atoms with E-state index in [1.807, 2.05) is 30.3 Å². The standard InChI is InChI=1S/C16H18N6/c1-4-13(15-12-3-2-7-18-16(12)22-21-15)20-14(5-1)19-10-11-6-8-17-9-11/h1-5,7,11,17H,6,8-10H2,(H,19,20)(H,18,21,22). The second kappa shape index (κ2) is 5.73. The quantitative estimate of drug-likeness (QED) is 0.686. The highest BCUT2D eigenvalue weighted by Crippen LogP contribution is 2.24. The number of rotatable bonds is 4. The van der Waals surface area contributed by atoms with E-state index < -0.39 is 0 Å². The van der Waals surface area contributed by atoms with Crippen LogP contribution in [0.3, 0.4) is 0 Å². The monoisotopic (exact) mass is 294 g/mol. The van der Waals surface area contributed by atoms with E-state index in [4.69, 9.17) is 0 Å². The van der Waals surface area contributed by atoms with Gasteiger partial charge in [0.15, 0.2) is 5.65 Å². The first-order chi connectivity index (χ1) is 10.9. The third-order valence-corrected chi connectivity index (χ3v) is 4.06.